The Morgan fingerprint density at radius 2 is 2.11 bits per heavy atom. The number of aryl methyl sites for hydroxylation is 1. The molecule has 1 aromatic heterocycles. The number of nitrogens with one attached hydrogen (secondary N) is 1. The van der Waals surface area contributed by atoms with E-state index >= 15 is 0 Å². The highest BCUT2D eigenvalue weighted by Gasteiger charge is 2.16. The van der Waals surface area contributed by atoms with Crippen LogP contribution in [-0.2, 0) is 11.3 Å². The van der Waals surface area contributed by atoms with E-state index in [9.17, 15) is 4.79 Å². The maximum Gasteiger partial charge on any atom is 0.305 e. The molecule has 0 aliphatic rings. The summed E-state index contributed by atoms with van der Waals surface area (Å²) in [5.74, 6) is -0.782. The summed E-state index contributed by atoms with van der Waals surface area (Å²) in [5, 5.41) is 14.3. The number of hydrogen-bond donors (Lipinski definition) is 2. The number of rotatable bonds is 6. The van der Waals surface area contributed by atoms with E-state index in [2.05, 4.69) is 24.4 Å². The van der Waals surface area contributed by atoms with Crippen LogP contribution in [0, 0.1) is 6.92 Å². The molecule has 0 spiro atoms. The fraction of sp³-hybridized carbons (Fsp3) is 0.267. The molecule has 100 valence electrons. The van der Waals surface area contributed by atoms with Crippen LogP contribution in [-0.4, -0.2) is 11.1 Å². The molecule has 0 aliphatic heterocycles. The lowest BCUT2D eigenvalue weighted by atomic mass is 10.1. The Morgan fingerprint density at radius 1 is 1.32 bits per heavy atom. The summed E-state index contributed by atoms with van der Waals surface area (Å²) in [7, 11) is 0. The predicted molar refractivity (Wildman–Crippen MR) is 77.3 cm³/mol. The van der Waals surface area contributed by atoms with Crippen LogP contribution in [0.1, 0.15) is 28.5 Å². The van der Waals surface area contributed by atoms with Gasteiger partial charge in [0.2, 0.25) is 0 Å². The van der Waals surface area contributed by atoms with Gasteiger partial charge in [-0.05, 0) is 29.5 Å². The van der Waals surface area contributed by atoms with Crippen LogP contribution >= 0.6 is 11.3 Å². The van der Waals surface area contributed by atoms with Crippen LogP contribution in [0.3, 0.4) is 0 Å². The molecule has 0 radical (unpaired) electrons. The minimum atomic E-state index is -0.782. The number of carbonyl (C=O) groups is 1. The Labute approximate surface area is 116 Å². The van der Waals surface area contributed by atoms with Crippen molar-refractivity contribution in [3.63, 3.8) is 0 Å². The van der Waals surface area contributed by atoms with Crippen molar-refractivity contribution in [1.82, 2.24) is 5.32 Å². The van der Waals surface area contributed by atoms with Gasteiger partial charge in [-0.25, -0.2) is 0 Å². The van der Waals surface area contributed by atoms with Gasteiger partial charge in [0.1, 0.15) is 0 Å². The van der Waals surface area contributed by atoms with Gasteiger partial charge in [-0.3, -0.25) is 4.79 Å². The summed E-state index contributed by atoms with van der Waals surface area (Å²) in [4.78, 5) is 12.0. The quantitative estimate of drug-likeness (QED) is 0.850. The van der Waals surface area contributed by atoms with Crippen molar-refractivity contribution in [3.8, 4) is 0 Å². The summed E-state index contributed by atoms with van der Waals surface area (Å²) in [6.45, 7) is 2.75. The highest BCUT2D eigenvalue weighted by atomic mass is 32.1. The van der Waals surface area contributed by atoms with Crippen molar-refractivity contribution in [3.05, 3.63) is 57.8 Å². The second kappa shape index (κ2) is 6.50. The van der Waals surface area contributed by atoms with E-state index in [0.717, 1.165) is 4.88 Å². The molecule has 0 amide bonds. The van der Waals surface area contributed by atoms with Gasteiger partial charge >= 0.3 is 5.97 Å². The average molecular weight is 275 g/mol. The molecule has 0 saturated heterocycles. The molecule has 19 heavy (non-hydrogen) atoms. The Hall–Kier alpha value is -1.65. The van der Waals surface area contributed by atoms with Gasteiger partial charge in [-0.15, -0.1) is 11.3 Å². The van der Waals surface area contributed by atoms with E-state index in [0.29, 0.717) is 6.54 Å². The van der Waals surface area contributed by atoms with Crippen LogP contribution in [0.2, 0.25) is 0 Å². The molecular weight excluding hydrogens is 258 g/mol. The smallest absolute Gasteiger partial charge is 0.305 e. The molecule has 1 aromatic carbocycles. The van der Waals surface area contributed by atoms with Crippen molar-refractivity contribution < 1.29 is 9.90 Å². The van der Waals surface area contributed by atoms with E-state index in [1.165, 1.54) is 11.1 Å². The lowest BCUT2D eigenvalue weighted by molar-refractivity contribution is -0.137. The minimum Gasteiger partial charge on any atom is -0.481 e. The Balaban J connectivity index is 2.05. The van der Waals surface area contributed by atoms with E-state index in [-0.39, 0.29) is 12.5 Å². The van der Waals surface area contributed by atoms with E-state index in [1.807, 2.05) is 29.6 Å². The normalized spacial score (nSPS) is 12.3. The van der Waals surface area contributed by atoms with Gasteiger partial charge in [0.05, 0.1) is 12.5 Å². The van der Waals surface area contributed by atoms with Crippen molar-refractivity contribution in [2.45, 2.75) is 25.9 Å². The first-order valence-electron chi connectivity index (χ1n) is 6.20. The van der Waals surface area contributed by atoms with Crippen molar-refractivity contribution in [2.75, 3.05) is 0 Å². The fourth-order valence-corrected chi connectivity index (χ4v) is 2.78. The third-order valence-electron chi connectivity index (χ3n) is 3.07. The summed E-state index contributed by atoms with van der Waals surface area (Å²) in [6, 6.07) is 11.9. The summed E-state index contributed by atoms with van der Waals surface area (Å²) >= 11 is 1.59. The molecule has 3 nitrogen and oxygen atoms in total. The Kier molecular flexibility index (Phi) is 4.71. The van der Waals surface area contributed by atoms with Crippen LogP contribution in [0.25, 0.3) is 0 Å². The Bertz CT molecular complexity index is 537. The number of benzene rings is 1. The highest BCUT2D eigenvalue weighted by molar-refractivity contribution is 7.10. The molecule has 0 bridgehead atoms. The molecule has 1 heterocycles. The SMILES string of the molecule is Cc1ccccc1CNC(CC(=O)O)c1cccs1. The molecule has 0 fully saturated rings. The largest absolute Gasteiger partial charge is 0.481 e. The molecule has 1 unspecified atom stereocenters. The number of carboxylic acids is 1. The lowest BCUT2D eigenvalue weighted by Gasteiger charge is -2.16. The standard InChI is InChI=1S/C15H17NO2S/c1-11-5-2-3-6-12(11)10-16-13(9-15(17)18)14-7-4-8-19-14/h2-8,13,16H,9-10H2,1H3,(H,17,18). The molecule has 2 N–H and O–H groups in total. The molecule has 1 atom stereocenters. The van der Waals surface area contributed by atoms with Crippen LogP contribution in [0.4, 0.5) is 0 Å². The number of aliphatic carboxylic acids is 1. The number of carboxylic acid groups (broad SMARTS) is 1. The summed E-state index contributed by atoms with van der Waals surface area (Å²) < 4.78 is 0. The minimum absolute atomic E-state index is 0.104. The first-order valence-corrected chi connectivity index (χ1v) is 7.08. The maximum absolute atomic E-state index is 10.9. The third kappa shape index (κ3) is 3.91. The Morgan fingerprint density at radius 3 is 2.74 bits per heavy atom. The third-order valence-corrected chi connectivity index (χ3v) is 4.05. The van der Waals surface area contributed by atoms with Gasteiger partial charge in [0, 0.05) is 11.4 Å². The second-order valence-corrected chi connectivity index (χ2v) is 5.45. The molecule has 2 rings (SSSR count). The average Bonchev–Trinajstić information content (AvgIpc) is 2.89. The van der Waals surface area contributed by atoms with Crippen molar-refractivity contribution >= 4 is 17.3 Å². The molecule has 4 heteroatoms. The first-order chi connectivity index (χ1) is 9.16. The van der Waals surface area contributed by atoms with Crippen LogP contribution in [0.5, 0.6) is 0 Å². The van der Waals surface area contributed by atoms with Crippen molar-refractivity contribution in [1.29, 1.82) is 0 Å². The molecule has 2 aromatic rings. The van der Waals surface area contributed by atoms with Gasteiger partial charge < -0.3 is 10.4 Å². The van der Waals surface area contributed by atoms with Crippen LogP contribution in [0.15, 0.2) is 41.8 Å². The van der Waals surface area contributed by atoms with E-state index in [1.54, 1.807) is 11.3 Å². The monoisotopic (exact) mass is 275 g/mol. The molecular formula is C15H17NO2S. The van der Waals surface area contributed by atoms with Crippen molar-refractivity contribution in [2.24, 2.45) is 0 Å². The highest BCUT2D eigenvalue weighted by Crippen LogP contribution is 2.22. The zero-order valence-electron chi connectivity index (χ0n) is 10.8. The van der Waals surface area contributed by atoms with E-state index in [4.69, 9.17) is 5.11 Å². The second-order valence-electron chi connectivity index (χ2n) is 4.47. The van der Waals surface area contributed by atoms with Gasteiger partial charge in [0.25, 0.3) is 0 Å². The topological polar surface area (TPSA) is 49.3 Å². The van der Waals surface area contributed by atoms with E-state index < -0.39 is 5.97 Å². The van der Waals surface area contributed by atoms with Crippen LogP contribution < -0.4 is 5.32 Å². The fourth-order valence-electron chi connectivity index (χ4n) is 1.98. The predicted octanol–water partition coefficient (Wildman–Crippen LogP) is 3.36. The lowest BCUT2D eigenvalue weighted by Crippen LogP contribution is -2.23. The van der Waals surface area contributed by atoms with Gasteiger partial charge in [0.15, 0.2) is 0 Å². The van der Waals surface area contributed by atoms with Gasteiger partial charge in [-0.2, -0.15) is 0 Å². The van der Waals surface area contributed by atoms with Gasteiger partial charge in [-0.1, -0.05) is 30.3 Å². The number of thiophene rings is 1. The zero-order valence-corrected chi connectivity index (χ0v) is 11.6. The zero-order chi connectivity index (χ0) is 13.7. The molecule has 0 saturated carbocycles. The number of hydrogen-bond acceptors (Lipinski definition) is 3. The maximum atomic E-state index is 10.9. The first kappa shape index (κ1) is 13.8. The molecule has 0 aliphatic carbocycles. The summed E-state index contributed by atoms with van der Waals surface area (Å²) in [5.41, 5.74) is 2.42. The summed E-state index contributed by atoms with van der Waals surface area (Å²) in [6.07, 6.45) is 0.104.